The number of ether oxygens (including phenoxy) is 1. The summed E-state index contributed by atoms with van der Waals surface area (Å²) in [5.74, 6) is 0.868. The van der Waals surface area contributed by atoms with Gasteiger partial charge in [-0.2, -0.15) is 4.98 Å². The van der Waals surface area contributed by atoms with Crippen molar-refractivity contribution in [3.8, 4) is 17.1 Å². The molecular weight excluding hydrogens is 403 g/mol. The van der Waals surface area contributed by atoms with Gasteiger partial charge in [0, 0.05) is 17.7 Å². The summed E-state index contributed by atoms with van der Waals surface area (Å²) >= 11 is 18.8. The van der Waals surface area contributed by atoms with Gasteiger partial charge in [0.1, 0.15) is 5.52 Å². The van der Waals surface area contributed by atoms with Crippen LogP contribution >= 0.6 is 34.8 Å². The first-order valence-corrected chi connectivity index (χ1v) is 10.3. The maximum atomic E-state index is 6.47. The summed E-state index contributed by atoms with van der Waals surface area (Å²) < 4.78 is 7.87. The number of benzene rings is 2. The second kappa shape index (κ2) is 6.30. The highest BCUT2D eigenvalue weighted by Crippen LogP contribution is 2.62. The minimum absolute atomic E-state index is 0.443. The van der Waals surface area contributed by atoms with Gasteiger partial charge in [-0.25, -0.2) is 0 Å². The van der Waals surface area contributed by atoms with Gasteiger partial charge in [0.2, 0.25) is 0 Å². The second-order valence-electron chi connectivity index (χ2n) is 7.74. The number of para-hydroxylation sites is 1. The van der Waals surface area contributed by atoms with Gasteiger partial charge in [-0.1, -0.05) is 46.9 Å². The standard InChI is InChI=1S/C21H19Cl3N2O/c1-27-20-25-19-13(14-9-16(23)17(24)10-15(14)22)3-2-4-18(19)26(20)11-21(7-8-21)12-5-6-12/h2-4,9-10,12H,5-8,11H2,1H3. The highest BCUT2D eigenvalue weighted by molar-refractivity contribution is 6.44. The fourth-order valence-electron chi connectivity index (χ4n) is 4.25. The lowest BCUT2D eigenvalue weighted by Crippen LogP contribution is -2.14. The van der Waals surface area contributed by atoms with Crippen molar-refractivity contribution in [3.05, 3.63) is 45.4 Å². The van der Waals surface area contributed by atoms with Crippen LogP contribution in [0.3, 0.4) is 0 Å². The summed E-state index contributed by atoms with van der Waals surface area (Å²) in [4.78, 5) is 4.80. The number of nitrogens with zero attached hydrogens (tertiary/aromatic N) is 2. The van der Waals surface area contributed by atoms with E-state index in [0.717, 1.165) is 34.6 Å². The van der Waals surface area contributed by atoms with E-state index in [2.05, 4.69) is 10.6 Å². The number of hydrogen-bond donors (Lipinski definition) is 0. The number of halogens is 3. The molecular formula is C21H19Cl3N2O. The molecule has 2 aliphatic carbocycles. The Bertz CT molecular complexity index is 1050. The van der Waals surface area contributed by atoms with Crippen molar-refractivity contribution in [3.63, 3.8) is 0 Å². The third kappa shape index (κ3) is 2.91. The third-order valence-electron chi connectivity index (χ3n) is 6.04. The predicted molar refractivity (Wildman–Crippen MR) is 111 cm³/mol. The zero-order chi connectivity index (χ0) is 18.8. The van der Waals surface area contributed by atoms with Crippen LogP contribution in [0.25, 0.3) is 22.2 Å². The molecule has 2 aliphatic rings. The van der Waals surface area contributed by atoms with Gasteiger partial charge >= 0.3 is 0 Å². The van der Waals surface area contributed by atoms with E-state index in [4.69, 9.17) is 44.5 Å². The maximum Gasteiger partial charge on any atom is 0.297 e. The number of rotatable bonds is 5. The minimum atomic E-state index is 0.443. The summed E-state index contributed by atoms with van der Waals surface area (Å²) in [6.45, 7) is 0.968. The normalized spacial score (nSPS) is 18.1. The fraction of sp³-hybridized carbons (Fsp3) is 0.381. The van der Waals surface area contributed by atoms with Crippen molar-refractivity contribution in [1.29, 1.82) is 0 Å². The average molecular weight is 422 g/mol. The van der Waals surface area contributed by atoms with Crippen molar-refractivity contribution < 1.29 is 4.74 Å². The lowest BCUT2D eigenvalue weighted by molar-refractivity contribution is 0.315. The highest BCUT2D eigenvalue weighted by atomic mass is 35.5. The quantitative estimate of drug-likeness (QED) is 0.421. The zero-order valence-electron chi connectivity index (χ0n) is 14.9. The molecule has 0 saturated heterocycles. The molecule has 5 rings (SSSR count). The molecule has 1 aromatic heterocycles. The van der Waals surface area contributed by atoms with Gasteiger partial charge in [-0.3, -0.25) is 4.57 Å². The SMILES string of the molecule is COc1nc2c(-c3cc(Cl)c(Cl)cc3Cl)cccc2n1CC1(C2CC2)CC1. The van der Waals surface area contributed by atoms with Crippen molar-refractivity contribution in [2.45, 2.75) is 32.2 Å². The van der Waals surface area contributed by atoms with Gasteiger partial charge in [0.05, 0.1) is 27.7 Å². The molecule has 27 heavy (non-hydrogen) atoms. The van der Waals surface area contributed by atoms with Crippen molar-refractivity contribution >= 4 is 45.8 Å². The van der Waals surface area contributed by atoms with Crippen LogP contribution in [0, 0.1) is 11.3 Å². The largest absolute Gasteiger partial charge is 0.468 e. The molecule has 3 aromatic rings. The van der Waals surface area contributed by atoms with Gasteiger partial charge in [0.25, 0.3) is 6.01 Å². The van der Waals surface area contributed by atoms with E-state index in [1.54, 1.807) is 19.2 Å². The van der Waals surface area contributed by atoms with Crippen molar-refractivity contribution in [1.82, 2.24) is 9.55 Å². The molecule has 6 heteroatoms. The molecule has 2 saturated carbocycles. The third-order valence-corrected chi connectivity index (χ3v) is 7.07. The average Bonchev–Trinajstić information content (AvgIpc) is 3.55. The smallest absolute Gasteiger partial charge is 0.297 e. The van der Waals surface area contributed by atoms with Gasteiger partial charge < -0.3 is 4.74 Å². The molecule has 0 aliphatic heterocycles. The van der Waals surface area contributed by atoms with E-state index in [0.29, 0.717) is 26.5 Å². The molecule has 0 bridgehead atoms. The molecule has 0 N–H and O–H groups in total. The number of hydrogen-bond acceptors (Lipinski definition) is 2. The zero-order valence-corrected chi connectivity index (χ0v) is 17.2. The van der Waals surface area contributed by atoms with E-state index in [1.807, 2.05) is 12.1 Å². The Morgan fingerprint density at radius 3 is 2.48 bits per heavy atom. The molecule has 0 spiro atoms. The Hall–Kier alpha value is -1.42. The second-order valence-corrected chi connectivity index (χ2v) is 8.96. The number of fused-ring (bicyclic) bond motifs is 1. The number of aromatic nitrogens is 2. The van der Waals surface area contributed by atoms with E-state index in [1.165, 1.54) is 25.7 Å². The summed E-state index contributed by atoms with van der Waals surface area (Å²) in [7, 11) is 1.68. The molecule has 3 nitrogen and oxygen atoms in total. The Labute approximate surface area is 173 Å². The summed E-state index contributed by atoms with van der Waals surface area (Å²) in [5, 5.41) is 1.48. The first-order chi connectivity index (χ1) is 13.0. The molecule has 1 heterocycles. The van der Waals surface area contributed by atoms with Crippen LogP contribution in [-0.2, 0) is 6.54 Å². The van der Waals surface area contributed by atoms with Crippen LogP contribution in [0.2, 0.25) is 15.1 Å². The van der Waals surface area contributed by atoms with Crippen LogP contribution in [0.4, 0.5) is 0 Å². The van der Waals surface area contributed by atoms with E-state index >= 15 is 0 Å². The van der Waals surface area contributed by atoms with Gasteiger partial charge in [-0.05, 0) is 55.2 Å². The summed E-state index contributed by atoms with van der Waals surface area (Å²) in [5.41, 5.74) is 4.15. The monoisotopic (exact) mass is 420 g/mol. The highest BCUT2D eigenvalue weighted by Gasteiger charge is 2.54. The Morgan fingerprint density at radius 1 is 1.07 bits per heavy atom. The number of methoxy groups -OCH3 is 1. The first-order valence-electron chi connectivity index (χ1n) is 9.20. The van der Waals surface area contributed by atoms with Crippen LogP contribution in [0.15, 0.2) is 30.3 Å². The van der Waals surface area contributed by atoms with Crippen LogP contribution in [0.5, 0.6) is 6.01 Å². The van der Waals surface area contributed by atoms with Crippen molar-refractivity contribution in [2.75, 3.05) is 7.11 Å². The molecule has 0 amide bonds. The van der Waals surface area contributed by atoms with Gasteiger partial charge in [-0.15, -0.1) is 0 Å². The summed E-state index contributed by atoms with van der Waals surface area (Å²) in [6.07, 6.45) is 5.33. The molecule has 0 radical (unpaired) electrons. The van der Waals surface area contributed by atoms with Crippen LogP contribution < -0.4 is 4.74 Å². The Morgan fingerprint density at radius 2 is 1.81 bits per heavy atom. The molecule has 2 fully saturated rings. The first kappa shape index (κ1) is 17.7. The molecule has 140 valence electrons. The summed E-state index contributed by atoms with van der Waals surface area (Å²) in [6, 6.07) is 10.3. The molecule has 0 atom stereocenters. The lowest BCUT2D eigenvalue weighted by atomic mass is 10.0. The fourth-order valence-corrected chi connectivity index (χ4v) is 4.90. The van der Waals surface area contributed by atoms with Gasteiger partial charge in [0.15, 0.2) is 0 Å². The van der Waals surface area contributed by atoms with E-state index in [-0.39, 0.29) is 0 Å². The lowest BCUT2D eigenvalue weighted by Gasteiger charge is -2.17. The van der Waals surface area contributed by atoms with Crippen molar-refractivity contribution in [2.24, 2.45) is 11.3 Å². The Balaban J connectivity index is 1.66. The molecule has 0 unspecified atom stereocenters. The Kier molecular flexibility index (Phi) is 4.12. The van der Waals surface area contributed by atoms with E-state index < -0.39 is 0 Å². The van der Waals surface area contributed by atoms with Crippen LogP contribution in [0.1, 0.15) is 25.7 Å². The maximum absolute atomic E-state index is 6.47. The molecule has 2 aromatic carbocycles. The minimum Gasteiger partial charge on any atom is -0.468 e. The van der Waals surface area contributed by atoms with Crippen LogP contribution in [-0.4, -0.2) is 16.7 Å². The number of imidazole rings is 1. The van der Waals surface area contributed by atoms with E-state index in [9.17, 15) is 0 Å². The topological polar surface area (TPSA) is 27.1 Å². The predicted octanol–water partition coefficient (Wildman–Crippen LogP) is 6.86.